The monoisotopic (exact) mass is 254 g/mol. The summed E-state index contributed by atoms with van der Waals surface area (Å²) in [5, 5.41) is 3.25. The van der Waals surface area contributed by atoms with Crippen molar-refractivity contribution in [3.8, 4) is 0 Å². The van der Waals surface area contributed by atoms with Crippen molar-refractivity contribution in [2.45, 2.75) is 45.1 Å². The predicted molar refractivity (Wildman–Crippen MR) is 71.4 cm³/mol. The summed E-state index contributed by atoms with van der Waals surface area (Å²) in [6.07, 6.45) is 6.42. The first-order valence-corrected chi connectivity index (χ1v) is 7.39. The van der Waals surface area contributed by atoms with Crippen LogP contribution in [0.5, 0.6) is 0 Å². The lowest BCUT2D eigenvalue weighted by Gasteiger charge is -2.30. The van der Waals surface area contributed by atoms with Gasteiger partial charge in [0.25, 0.3) is 0 Å². The molecule has 0 radical (unpaired) electrons. The van der Waals surface area contributed by atoms with Crippen LogP contribution in [0.25, 0.3) is 0 Å². The maximum Gasteiger partial charge on any atom is 0.248 e. The molecule has 1 aliphatic heterocycles. The number of nitrogens with one attached hydrogen (secondary N) is 1. The molecule has 104 valence electrons. The molecule has 2 unspecified atom stereocenters. The van der Waals surface area contributed by atoms with E-state index in [-0.39, 0.29) is 12.5 Å². The second kappa shape index (κ2) is 7.10. The fraction of sp³-hybridized carbons (Fsp3) is 0.929. The fourth-order valence-corrected chi connectivity index (χ4v) is 2.96. The molecule has 18 heavy (non-hydrogen) atoms. The molecule has 2 rings (SSSR count). The van der Waals surface area contributed by atoms with Crippen molar-refractivity contribution in [2.75, 3.05) is 32.8 Å². The minimum absolute atomic E-state index is 0.162. The highest BCUT2D eigenvalue weighted by Gasteiger charge is 2.23. The lowest BCUT2D eigenvalue weighted by atomic mass is 9.85. The van der Waals surface area contributed by atoms with Crippen LogP contribution in [0.2, 0.25) is 0 Å². The highest BCUT2D eigenvalue weighted by Crippen LogP contribution is 2.28. The Bertz CT molecular complexity index is 265. The van der Waals surface area contributed by atoms with Gasteiger partial charge >= 0.3 is 0 Å². The molecule has 2 atom stereocenters. The molecule has 1 saturated carbocycles. The first kappa shape index (κ1) is 13.8. The number of piperazine rings is 1. The molecular weight excluding hydrogens is 228 g/mol. The van der Waals surface area contributed by atoms with E-state index in [4.69, 9.17) is 4.74 Å². The summed E-state index contributed by atoms with van der Waals surface area (Å²) in [5.74, 6) is 0.966. The van der Waals surface area contributed by atoms with Crippen molar-refractivity contribution in [3.05, 3.63) is 0 Å². The lowest BCUT2D eigenvalue weighted by Crippen LogP contribution is -2.48. The molecule has 2 aliphatic rings. The van der Waals surface area contributed by atoms with Gasteiger partial charge in [-0.2, -0.15) is 0 Å². The SMILES string of the molecule is CCC1CCCC(OCC(=O)N2CCNCC2)C1. The van der Waals surface area contributed by atoms with Gasteiger partial charge in [-0.05, 0) is 18.8 Å². The van der Waals surface area contributed by atoms with Crippen molar-refractivity contribution in [1.29, 1.82) is 0 Å². The van der Waals surface area contributed by atoms with Crippen LogP contribution in [-0.2, 0) is 9.53 Å². The number of hydrogen-bond acceptors (Lipinski definition) is 3. The molecule has 1 heterocycles. The van der Waals surface area contributed by atoms with Crippen molar-refractivity contribution in [2.24, 2.45) is 5.92 Å². The second-order valence-electron chi connectivity index (χ2n) is 5.50. The molecule has 4 heteroatoms. The van der Waals surface area contributed by atoms with Crippen LogP contribution in [0.4, 0.5) is 0 Å². The Hall–Kier alpha value is -0.610. The van der Waals surface area contributed by atoms with Crippen molar-refractivity contribution in [3.63, 3.8) is 0 Å². The van der Waals surface area contributed by atoms with E-state index in [2.05, 4.69) is 12.2 Å². The Kier molecular flexibility index (Phi) is 5.45. The maximum atomic E-state index is 12.0. The Morgan fingerprint density at radius 3 is 2.83 bits per heavy atom. The van der Waals surface area contributed by atoms with Crippen LogP contribution in [0.3, 0.4) is 0 Å². The van der Waals surface area contributed by atoms with E-state index in [9.17, 15) is 4.79 Å². The first-order valence-electron chi connectivity index (χ1n) is 7.39. The number of amides is 1. The van der Waals surface area contributed by atoms with E-state index in [0.29, 0.717) is 6.10 Å². The average molecular weight is 254 g/mol. The third kappa shape index (κ3) is 3.95. The Morgan fingerprint density at radius 2 is 2.11 bits per heavy atom. The summed E-state index contributed by atoms with van der Waals surface area (Å²) in [4.78, 5) is 13.9. The smallest absolute Gasteiger partial charge is 0.248 e. The summed E-state index contributed by atoms with van der Waals surface area (Å²) in [6.45, 7) is 6.00. The molecule has 4 nitrogen and oxygen atoms in total. The van der Waals surface area contributed by atoms with Crippen molar-refractivity contribution in [1.82, 2.24) is 10.2 Å². The van der Waals surface area contributed by atoms with Crippen LogP contribution in [-0.4, -0.2) is 49.7 Å². The van der Waals surface area contributed by atoms with Gasteiger partial charge in [0.05, 0.1) is 6.10 Å². The molecule has 0 bridgehead atoms. The number of nitrogens with zero attached hydrogens (tertiary/aromatic N) is 1. The Morgan fingerprint density at radius 1 is 1.33 bits per heavy atom. The zero-order valence-corrected chi connectivity index (χ0v) is 11.5. The normalized spacial score (nSPS) is 29.3. The summed E-state index contributed by atoms with van der Waals surface area (Å²) in [5.41, 5.74) is 0. The number of carbonyl (C=O) groups excluding carboxylic acids is 1. The molecule has 0 aromatic heterocycles. The van der Waals surface area contributed by atoms with E-state index in [1.165, 1.54) is 19.3 Å². The maximum absolute atomic E-state index is 12.0. The minimum atomic E-state index is 0.162. The zero-order valence-electron chi connectivity index (χ0n) is 11.5. The summed E-state index contributed by atoms with van der Waals surface area (Å²) >= 11 is 0. The number of ether oxygens (including phenoxy) is 1. The zero-order chi connectivity index (χ0) is 12.8. The third-order valence-electron chi connectivity index (χ3n) is 4.22. The highest BCUT2D eigenvalue weighted by molar-refractivity contribution is 5.77. The molecule has 1 saturated heterocycles. The van der Waals surface area contributed by atoms with Crippen LogP contribution >= 0.6 is 0 Å². The lowest BCUT2D eigenvalue weighted by molar-refractivity contribution is -0.139. The Labute approximate surface area is 110 Å². The minimum Gasteiger partial charge on any atom is -0.368 e. The summed E-state index contributed by atoms with van der Waals surface area (Å²) < 4.78 is 5.82. The largest absolute Gasteiger partial charge is 0.368 e. The van der Waals surface area contributed by atoms with Gasteiger partial charge in [-0.25, -0.2) is 0 Å². The van der Waals surface area contributed by atoms with Gasteiger partial charge < -0.3 is 15.0 Å². The van der Waals surface area contributed by atoms with Gasteiger partial charge in [0.15, 0.2) is 0 Å². The van der Waals surface area contributed by atoms with Gasteiger partial charge in [0.2, 0.25) is 5.91 Å². The van der Waals surface area contributed by atoms with Crippen molar-refractivity contribution >= 4 is 5.91 Å². The van der Waals surface area contributed by atoms with Gasteiger partial charge in [0, 0.05) is 26.2 Å². The molecule has 0 aromatic carbocycles. The molecule has 1 N–H and O–H groups in total. The average Bonchev–Trinajstić information content (AvgIpc) is 2.46. The van der Waals surface area contributed by atoms with Crippen LogP contribution in [0.15, 0.2) is 0 Å². The summed E-state index contributed by atoms with van der Waals surface area (Å²) in [6, 6.07) is 0. The number of hydrogen-bond donors (Lipinski definition) is 1. The molecule has 1 aliphatic carbocycles. The van der Waals surface area contributed by atoms with Gasteiger partial charge in [0.1, 0.15) is 6.61 Å². The summed E-state index contributed by atoms with van der Waals surface area (Å²) in [7, 11) is 0. The van der Waals surface area contributed by atoms with E-state index >= 15 is 0 Å². The van der Waals surface area contributed by atoms with Gasteiger partial charge in [-0.1, -0.05) is 26.2 Å². The van der Waals surface area contributed by atoms with E-state index in [0.717, 1.165) is 44.9 Å². The molecule has 2 fully saturated rings. The quantitative estimate of drug-likeness (QED) is 0.824. The van der Waals surface area contributed by atoms with E-state index < -0.39 is 0 Å². The highest BCUT2D eigenvalue weighted by atomic mass is 16.5. The second-order valence-corrected chi connectivity index (χ2v) is 5.50. The van der Waals surface area contributed by atoms with Crippen molar-refractivity contribution < 1.29 is 9.53 Å². The van der Waals surface area contributed by atoms with Crippen LogP contribution in [0, 0.1) is 5.92 Å². The standard InChI is InChI=1S/C14H26N2O2/c1-2-12-4-3-5-13(10-12)18-11-14(17)16-8-6-15-7-9-16/h12-13,15H,2-11H2,1H3. The van der Waals surface area contributed by atoms with Gasteiger partial charge in [-0.3, -0.25) is 4.79 Å². The topological polar surface area (TPSA) is 41.6 Å². The fourth-order valence-electron chi connectivity index (χ4n) is 2.96. The Balaban J connectivity index is 1.68. The molecular formula is C14H26N2O2. The molecule has 1 amide bonds. The molecule has 0 aromatic rings. The van der Waals surface area contributed by atoms with Crippen LogP contribution in [0.1, 0.15) is 39.0 Å². The van der Waals surface area contributed by atoms with Crippen LogP contribution < -0.4 is 5.32 Å². The first-order chi connectivity index (χ1) is 8.79. The predicted octanol–water partition coefficient (Wildman–Crippen LogP) is 1.40. The molecule has 0 spiro atoms. The third-order valence-corrected chi connectivity index (χ3v) is 4.22. The van der Waals surface area contributed by atoms with E-state index in [1.54, 1.807) is 0 Å². The van der Waals surface area contributed by atoms with E-state index in [1.807, 2.05) is 4.90 Å². The number of carbonyl (C=O) groups is 1. The van der Waals surface area contributed by atoms with Gasteiger partial charge in [-0.15, -0.1) is 0 Å². The number of rotatable bonds is 4.